The van der Waals surface area contributed by atoms with Crippen molar-refractivity contribution in [1.82, 2.24) is 0 Å². The van der Waals surface area contributed by atoms with Gasteiger partial charge in [0.05, 0.1) is 7.11 Å². The van der Waals surface area contributed by atoms with Crippen molar-refractivity contribution in [2.75, 3.05) is 13.9 Å². The predicted octanol–water partition coefficient (Wildman–Crippen LogP) is 2.98. The maximum absolute atomic E-state index is 5.97. The Hall–Kier alpha value is -2.20. The first-order valence-corrected chi connectivity index (χ1v) is 7.00. The van der Waals surface area contributed by atoms with Crippen molar-refractivity contribution in [3.05, 3.63) is 42.0 Å². The summed E-state index contributed by atoms with van der Waals surface area (Å²) in [5.41, 5.74) is 9.38. The minimum absolute atomic E-state index is 0.0855. The summed E-state index contributed by atoms with van der Waals surface area (Å²) >= 11 is 0. The second kappa shape index (κ2) is 5.66. The van der Waals surface area contributed by atoms with Gasteiger partial charge in [-0.3, -0.25) is 0 Å². The maximum Gasteiger partial charge on any atom is 0.231 e. The molecule has 21 heavy (non-hydrogen) atoms. The fourth-order valence-corrected chi connectivity index (χ4v) is 2.54. The van der Waals surface area contributed by atoms with E-state index in [1.165, 1.54) is 5.56 Å². The van der Waals surface area contributed by atoms with Gasteiger partial charge in [0.15, 0.2) is 11.5 Å². The van der Waals surface area contributed by atoms with Crippen LogP contribution >= 0.6 is 0 Å². The topological polar surface area (TPSA) is 53.7 Å². The second-order valence-corrected chi connectivity index (χ2v) is 5.27. The standard InChI is InChI=1S/C17H19NO3/c1-11(18)7-13-8-16-17(21-10-20-16)9-15(13)12-3-5-14(19-2)6-4-12/h3-6,8-9,11H,7,10,18H2,1-2H3. The number of rotatable bonds is 4. The molecule has 1 heterocycles. The first-order valence-electron chi connectivity index (χ1n) is 7.00. The lowest BCUT2D eigenvalue weighted by atomic mass is 9.95. The monoisotopic (exact) mass is 285 g/mol. The molecule has 1 unspecified atom stereocenters. The Balaban J connectivity index is 2.05. The first kappa shape index (κ1) is 13.8. The van der Waals surface area contributed by atoms with Gasteiger partial charge in [0.2, 0.25) is 6.79 Å². The smallest absolute Gasteiger partial charge is 0.231 e. The van der Waals surface area contributed by atoms with Crippen LogP contribution in [-0.4, -0.2) is 19.9 Å². The Morgan fingerprint density at radius 2 is 1.81 bits per heavy atom. The fraction of sp³-hybridized carbons (Fsp3) is 0.294. The minimum Gasteiger partial charge on any atom is -0.497 e. The molecule has 2 N–H and O–H groups in total. The zero-order chi connectivity index (χ0) is 14.8. The van der Waals surface area contributed by atoms with Crippen molar-refractivity contribution >= 4 is 0 Å². The van der Waals surface area contributed by atoms with E-state index in [4.69, 9.17) is 19.9 Å². The number of hydrogen-bond acceptors (Lipinski definition) is 4. The van der Waals surface area contributed by atoms with Crippen LogP contribution in [0.15, 0.2) is 36.4 Å². The van der Waals surface area contributed by atoms with Crippen molar-refractivity contribution < 1.29 is 14.2 Å². The van der Waals surface area contributed by atoms with Crippen LogP contribution in [0.2, 0.25) is 0 Å². The Morgan fingerprint density at radius 1 is 1.14 bits per heavy atom. The van der Waals surface area contributed by atoms with Crippen molar-refractivity contribution in [3.8, 4) is 28.4 Å². The number of benzene rings is 2. The van der Waals surface area contributed by atoms with Gasteiger partial charge in [-0.15, -0.1) is 0 Å². The lowest BCUT2D eigenvalue weighted by molar-refractivity contribution is 0.174. The van der Waals surface area contributed by atoms with E-state index >= 15 is 0 Å². The van der Waals surface area contributed by atoms with E-state index in [0.717, 1.165) is 34.8 Å². The molecule has 0 fully saturated rings. The third-order valence-corrected chi connectivity index (χ3v) is 3.54. The van der Waals surface area contributed by atoms with Gasteiger partial charge in [-0.1, -0.05) is 12.1 Å². The zero-order valence-corrected chi connectivity index (χ0v) is 12.3. The molecule has 0 aliphatic carbocycles. The highest BCUT2D eigenvalue weighted by atomic mass is 16.7. The van der Waals surface area contributed by atoms with Crippen LogP contribution in [0.1, 0.15) is 12.5 Å². The molecule has 1 aliphatic heterocycles. The van der Waals surface area contributed by atoms with Gasteiger partial charge >= 0.3 is 0 Å². The van der Waals surface area contributed by atoms with Gasteiger partial charge in [0.25, 0.3) is 0 Å². The highest BCUT2D eigenvalue weighted by molar-refractivity contribution is 5.72. The van der Waals surface area contributed by atoms with Crippen LogP contribution < -0.4 is 19.9 Å². The summed E-state index contributed by atoms with van der Waals surface area (Å²) in [7, 11) is 1.66. The predicted molar refractivity (Wildman–Crippen MR) is 81.9 cm³/mol. The molecule has 0 aromatic heterocycles. The molecule has 0 bridgehead atoms. The normalized spacial score (nSPS) is 14.0. The number of ether oxygens (including phenoxy) is 3. The Kier molecular flexibility index (Phi) is 3.71. The van der Waals surface area contributed by atoms with Gasteiger partial charge in [0, 0.05) is 6.04 Å². The Morgan fingerprint density at radius 3 is 2.43 bits per heavy atom. The molecule has 2 aromatic carbocycles. The molecule has 4 nitrogen and oxygen atoms in total. The highest BCUT2D eigenvalue weighted by Crippen LogP contribution is 2.39. The molecule has 0 amide bonds. The van der Waals surface area contributed by atoms with Gasteiger partial charge in [-0.05, 0) is 54.3 Å². The molecule has 1 aliphatic rings. The molecular formula is C17H19NO3. The molecule has 0 radical (unpaired) electrons. The summed E-state index contributed by atoms with van der Waals surface area (Å²) in [6.07, 6.45) is 0.790. The van der Waals surface area contributed by atoms with E-state index in [-0.39, 0.29) is 12.8 Å². The van der Waals surface area contributed by atoms with E-state index in [0.29, 0.717) is 0 Å². The summed E-state index contributed by atoms with van der Waals surface area (Å²) in [5.74, 6) is 2.42. The third-order valence-electron chi connectivity index (χ3n) is 3.54. The minimum atomic E-state index is 0.0855. The number of nitrogens with two attached hydrogens (primary N) is 1. The average Bonchev–Trinajstić information content (AvgIpc) is 2.93. The largest absolute Gasteiger partial charge is 0.497 e. The highest BCUT2D eigenvalue weighted by Gasteiger charge is 2.18. The molecule has 0 spiro atoms. The van der Waals surface area contributed by atoms with E-state index < -0.39 is 0 Å². The van der Waals surface area contributed by atoms with Crippen LogP contribution in [0.25, 0.3) is 11.1 Å². The van der Waals surface area contributed by atoms with E-state index in [9.17, 15) is 0 Å². The molecule has 3 rings (SSSR count). The van der Waals surface area contributed by atoms with Gasteiger partial charge < -0.3 is 19.9 Å². The molecule has 110 valence electrons. The summed E-state index contributed by atoms with van der Waals surface area (Å²) < 4.78 is 16.2. The Bertz CT molecular complexity index is 635. The van der Waals surface area contributed by atoms with Crippen molar-refractivity contribution in [2.24, 2.45) is 5.73 Å². The molecule has 4 heteroatoms. The second-order valence-electron chi connectivity index (χ2n) is 5.27. The number of fused-ring (bicyclic) bond motifs is 1. The van der Waals surface area contributed by atoms with Gasteiger partial charge in [0.1, 0.15) is 5.75 Å². The Labute approximate surface area is 124 Å². The average molecular weight is 285 g/mol. The maximum atomic E-state index is 5.97. The van der Waals surface area contributed by atoms with Crippen LogP contribution in [0.3, 0.4) is 0 Å². The van der Waals surface area contributed by atoms with Crippen LogP contribution in [0, 0.1) is 0 Å². The quantitative estimate of drug-likeness (QED) is 0.938. The van der Waals surface area contributed by atoms with E-state index in [2.05, 4.69) is 0 Å². The van der Waals surface area contributed by atoms with E-state index in [1.807, 2.05) is 43.3 Å². The summed E-state index contributed by atoms with van der Waals surface area (Å²) in [6, 6.07) is 12.1. The number of hydrogen-bond donors (Lipinski definition) is 1. The first-order chi connectivity index (χ1) is 10.2. The third kappa shape index (κ3) is 2.81. The molecule has 0 saturated carbocycles. The molecule has 1 atom stereocenters. The summed E-state index contributed by atoms with van der Waals surface area (Å²) in [6.45, 7) is 2.28. The molecule has 2 aromatic rings. The van der Waals surface area contributed by atoms with Crippen molar-refractivity contribution in [3.63, 3.8) is 0 Å². The summed E-state index contributed by atoms with van der Waals surface area (Å²) in [5, 5.41) is 0. The van der Waals surface area contributed by atoms with Crippen molar-refractivity contribution in [2.45, 2.75) is 19.4 Å². The molecule has 0 saturated heterocycles. The summed E-state index contributed by atoms with van der Waals surface area (Å²) in [4.78, 5) is 0. The lowest BCUT2D eigenvalue weighted by Gasteiger charge is -2.13. The zero-order valence-electron chi connectivity index (χ0n) is 12.3. The van der Waals surface area contributed by atoms with Crippen LogP contribution in [0.4, 0.5) is 0 Å². The molecular weight excluding hydrogens is 266 g/mol. The fourth-order valence-electron chi connectivity index (χ4n) is 2.54. The lowest BCUT2D eigenvalue weighted by Crippen LogP contribution is -2.18. The van der Waals surface area contributed by atoms with E-state index in [1.54, 1.807) is 7.11 Å². The van der Waals surface area contributed by atoms with Crippen LogP contribution in [-0.2, 0) is 6.42 Å². The van der Waals surface area contributed by atoms with Crippen molar-refractivity contribution in [1.29, 1.82) is 0 Å². The number of methoxy groups -OCH3 is 1. The van der Waals surface area contributed by atoms with Crippen LogP contribution in [0.5, 0.6) is 17.2 Å². The van der Waals surface area contributed by atoms with Gasteiger partial charge in [-0.2, -0.15) is 0 Å². The SMILES string of the molecule is COc1ccc(-c2cc3c(cc2CC(C)N)OCO3)cc1. The van der Waals surface area contributed by atoms with Gasteiger partial charge in [-0.25, -0.2) is 0 Å².